The Hall–Kier alpha value is -1.68. The number of hydrogen-bond donors (Lipinski definition) is 1. The minimum absolute atomic E-state index is 0.0759. The lowest BCUT2D eigenvalue weighted by Crippen LogP contribution is -2.39. The highest BCUT2D eigenvalue weighted by atomic mass is 16.2. The van der Waals surface area contributed by atoms with Crippen molar-refractivity contribution in [2.75, 3.05) is 0 Å². The van der Waals surface area contributed by atoms with Gasteiger partial charge >= 0.3 is 0 Å². The van der Waals surface area contributed by atoms with E-state index < -0.39 is 0 Å². The van der Waals surface area contributed by atoms with Crippen molar-refractivity contribution < 1.29 is 9.59 Å². The second-order valence-corrected chi connectivity index (χ2v) is 4.20. The van der Waals surface area contributed by atoms with Gasteiger partial charge in [-0.25, -0.2) is 0 Å². The molecule has 17 heavy (non-hydrogen) atoms. The third kappa shape index (κ3) is 2.53. The molecule has 1 aromatic carbocycles. The number of nitrogens with two attached hydrogens (primary N) is 1. The molecule has 1 heterocycles. The zero-order valence-corrected chi connectivity index (χ0v) is 9.69. The summed E-state index contributed by atoms with van der Waals surface area (Å²) in [6.45, 7) is 0.775. The lowest BCUT2D eigenvalue weighted by molar-refractivity contribution is -0.148. The largest absolute Gasteiger partial charge is 0.326 e. The van der Waals surface area contributed by atoms with Gasteiger partial charge in [-0.05, 0) is 17.5 Å². The molecule has 0 radical (unpaired) electrons. The summed E-state index contributed by atoms with van der Waals surface area (Å²) in [5.74, 6) is -0.152. The summed E-state index contributed by atoms with van der Waals surface area (Å²) < 4.78 is 0. The molecule has 1 aromatic rings. The van der Waals surface area contributed by atoms with E-state index in [9.17, 15) is 9.59 Å². The van der Waals surface area contributed by atoms with Gasteiger partial charge in [0.25, 0.3) is 0 Å². The number of piperidine rings is 1. The lowest BCUT2D eigenvalue weighted by Gasteiger charge is -2.25. The molecule has 2 amide bonds. The van der Waals surface area contributed by atoms with Crippen molar-refractivity contribution in [3.05, 3.63) is 35.4 Å². The maximum atomic E-state index is 11.7. The van der Waals surface area contributed by atoms with E-state index in [1.54, 1.807) is 0 Å². The molecular formula is C13H16N2O2. The number of benzene rings is 1. The van der Waals surface area contributed by atoms with E-state index in [1.807, 2.05) is 24.3 Å². The van der Waals surface area contributed by atoms with Crippen LogP contribution in [0.4, 0.5) is 0 Å². The average Bonchev–Trinajstić information content (AvgIpc) is 2.34. The van der Waals surface area contributed by atoms with E-state index >= 15 is 0 Å². The predicted molar refractivity (Wildman–Crippen MR) is 63.7 cm³/mol. The van der Waals surface area contributed by atoms with Crippen LogP contribution >= 0.6 is 0 Å². The Kier molecular flexibility index (Phi) is 3.54. The number of amides is 2. The van der Waals surface area contributed by atoms with Gasteiger partial charge in [0.1, 0.15) is 0 Å². The zero-order valence-electron chi connectivity index (χ0n) is 9.69. The molecule has 90 valence electrons. The first-order chi connectivity index (χ1) is 8.22. The van der Waals surface area contributed by atoms with Gasteiger partial charge in [-0.2, -0.15) is 0 Å². The first kappa shape index (κ1) is 11.8. The smallest absolute Gasteiger partial charge is 0.229 e. The highest BCUT2D eigenvalue weighted by Crippen LogP contribution is 2.17. The van der Waals surface area contributed by atoms with Gasteiger partial charge in [0.2, 0.25) is 11.8 Å². The van der Waals surface area contributed by atoms with Gasteiger partial charge in [-0.15, -0.1) is 0 Å². The molecule has 4 nitrogen and oxygen atoms in total. The second kappa shape index (κ2) is 5.10. The van der Waals surface area contributed by atoms with Crippen molar-refractivity contribution in [2.45, 2.75) is 32.4 Å². The molecular weight excluding hydrogens is 216 g/mol. The normalized spacial score (nSPS) is 16.4. The van der Waals surface area contributed by atoms with Crippen LogP contribution in [-0.4, -0.2) is 16.7 Å². The van der Waals surface area contributed by atoms with Gasteiger partial charge in [0.15, 0.2) is 0 Å². The topological polar surface area (TPSA) is 63.4 Å². The average molecular weight is 232 g/mol. The summed E-state index contributed by atoms with van der Waals surface area (Å²) in [4.78, 5) is 24.7. The van der Waals surface area contributed by atoms with Crippen LogP contribution in [0.5, 0.6) is 0 Å². The van der Waals surface area contributed by atoms with Gasteiger partial charge in [-0.3, -0.25) is 14.5 Å². The van der Waals surface area contributed by atoms with Crippen molar-refractivity contribution in [2.24, 2.45) is 5.73 Å². The fourth-order valence-corrected chi connectivity index (χ4v) is 2.06. The molecule has 1 fully saturated rings. The van der Waals surface area contributed by atoms with Gasteiger partial charge in [0.05, 0.1) is 6.54 Å². The van der Waals surface area contributed by atoms with Gasteiger partial charge in [-0.1, -0.05) is 24.3 Å². The number of imide groups is 1. The molecule has 1 aliphatic heterocycles. The third-order valence-corrected chi connectivity index (χ3v) is 3.05. The molecule has 0 spiro atoms. The van der Waals surface area contributed by atoms with Crippen LogP contribution in [0.15, 0.2) is 24.3 Å². The van der Waals surface area contributed by atoms with E-state index in [0.29, 0.717) is 32.4 Å². The summed E-state index contributed by atoms with van der Waals surface area (Å²) in [6, 6.07) is 7.64. The third-order valence-electron chi connectivity index (χ3n) is 3.05. The van der Waals surface area contributed by atoms with E-state index in [4.69, 9.17) is 5.73 Å². The van der Waals surface area contributed by atoms with E-state index in [0.717, 1.165) is 11.1 Å². The Balaban J connectivity index is 2.19. The minimum atomic E-state index is -0.0759. The molecule has 2 N–H and O–H groups in total. The number of rotatable bonds is 3. The molecule has 0 atom stereocenters. The summed E-state index contributed by atoms with van der Waals surface area (Å²) >= 11 is 0. The van der Waals surface area contributed by atoms with Crippen molar-refractivity contribution in [1.29, 1.82) is 0 Å². The maximum absolute atomic E-state index is 11.7. The van der Waals surface area contributed by atoms with Crippen LogP contribution in [0.3, 0.4) is 0 Å². The van der Waals surface area contributed by atoms with Crippen molar-refractivity contribution in [1.82, 2.24) is 4.90 Å². The fraction of sp³-hybridized carbons (Fsp3) is 0.385. The number of carbonyl (C=O) groups excluding carboxylic acids is 2. The molecule has 0 unspecified atom stereocenters. The maximum Gasteiger partial charge on any atom is 0.229 e. The Morgan fingerprint density at radius 1 is 1.06 bits per heavy atom. The van der Waals surface area contributed by atoms with Crippen LogP contribution in [0.1, 0.15) is 30.4 Å². The van der Waals surface area contributed by atoms with Crippen LogP contribution in [0.2, 0.25) is 0 Å². The molecule has 1 aliphatic rings. The van der Waals surface area contributed by atoms with Crippen molar-refractivity contribution in [3.8, 4) is 0 Å². The van der Waals surface area contributed by atoms with Crippen molar-refractivity contribution in [3.63, 3.8) is 0 Å². The standard InChI is InChI=1S/C13H16N2O2/c14-8-10-4-1-2-5-11(10)9-15-12(16)6-3-7-13(15)17/h1-2,4-5H,3,6-9,14H2. The highest BCUT2D eigenvalue weighted by Gasteiger charge is 2.26. The van der Waals surface area contributed by atoms with Gasteiger partial charge in [0, 0.05) is 19.4 Å². The predicted octanol–water partition coefficient (Wildman–Crippen LogP) is 1.18. The Labute approximate surface area is 100 Å². The SMILES string of the molecule is NCc1ccccc1CN1C(=O)CCCC1=O. The molecule has 0 aliphatic carbocycles. The van der Waals surface area contributed by atoms with E-state index in [-0.39, 0.29) is 11.8 Å². The van der Waals surface area contributed by atoms with Crippen LogP contribution < -0.4 is 5.73 Å². The molecule has 4 heteroatoms. The quantitative estimate of drug-likeness (QED) is 0.796. The summed E-state index contributed by atoms with van der Waals surface area (Å²) in [5.41, 5.74) is 7.58. The fourth-order valence-electron chi connectivity index (χ4n) is 2.06. The second-order valence-electron chi connectivity index (χ2n) is 4.20. The Morgan fingerprint density at radius 3 is 2.24 bits per heavy atom. The molecule has 0 bridgehead atoms. The first-order valence-corrected chi connectivity index (χ1v) is 5.82. The molecule has 0 aromatic heterocycles. The van der Waals surface area contributed by atoms with E-state index in [2.05, 4.69) is 0 Å². The minimum Gasteiger partial charge on any atom is -0.326 e. The number of likely N-dealkylation sites (tertiary alicyclic amines) is 1. The summed E-state index contributed by atoms with van der Waals surface area (Å²) in [5, 5.41) is 0. The Morgan fingerprint density at radius 2 is 1.65 bits per heavy atom. The molecule has 1 saturated heterocycles. The lowest BCUT2D eigenvalue weighted by atomic mass is 10.0. The van der Waals surface area contributed by atoms with Crippen LogP contribution in [-0.2, 0) is 22.7 Å². The number of nitrogens with zero attached hydrogens (tertiary/aromatic N) is 1. The van der Waals surface area contributed by atoms with Crippen molar-refractivity contribution >= 4 is 11.8 Å². The Bertz CT molecular complexity index is 427. The number of hydrogen-bond acceptors (Lipinski definition) is 3. The zero-order chi connectivity index (χ0) is 12.3. The van der Waals surface area contributed by atoms with Crippen LogP contribution in [0, 0.1) is 0 Å². The van der Waals surface area contributed by atoms with E-state index in [1.165, 1.54) is 4.90 Å². The monoisotopic (exact) mass is 232 g/mol. The van der Waals surface area contributed by atoms with Gasteiger partial charge < -0.3 is 5.73 Å². The summed E-state index contributed by atoms with van der Waals surface area (Å²) in [6.07, 6.45) is 1.61. The molecule has 2 rings (SSSR count). The summed E-state index contributed by atoms with van der Waals surface area (Å²) in [7, 11) is 0. The molecule has 0 saturated carbocycles. The number of carbonyl (C=O) groups is 2. The van der Waals surface area contributed by atoms with Crippen LogP contribution in [0.25, 0.3) is 0 Å². The first-order valence-electron chi connectivity index (χ1n) is 5.82. The highest BCUT2D eigenvalue weighted by molar-refractivity contribution is 5.97.